The Morgan fingerprint density at radius 3 is 2.54 bits per heavy atom. The molecule has 1 amide bonds. The number of rotatable bonds is 6. The van der Waals surface area contributed by atoms with Crippen molar-refractivity contribution in [2.24, 2.45) is 0 Å². The van der Waals surface area contributed by atoms with Crippen molar-refractivity contribution in [3.05, 3.63) is 77.7 Å². The van der Waals surface area contributed by atoms with Gasteiger partial charge >= 0.3 is 6.36 Å². The molecule has 0 bridgehead atoms. The summed E-state index contributed by atoms with van der Waals surface area (Å²) in [4.78, 5) is 18.8. The first-order valence-corrected chi connectivity index (χ1v) is 11.0. The van der Waals surface area contributed by atoms with Crippen molar-refractivity contribution in [1.29, 1.82) is 0 Å². The van der Waals surface area contributed by atoms with Crippen LogP contribution < -0.4 is 4.74 Å². The van der Waals surface area contributed by atoms with Gasteiger partial charge in [0, 0.05) is 29.9 Å². The molecule has 10 heteroatoms. The van der Waals surface area contributed by atoms with Gasteiger partial charge in [-0.15, -0.1) is 13.2 Å². The van der Waals surface area contributed by atoms with E-state index in [2.05, 4.69) is 14.8 Å². The van der Waals surface area contributed by atoms with Crippen molar-refractivity contribution in [2.45, 2.75) is 26.3 Å². The third-order valence-electron chi connectivity index (χ3n) is 5.74. The van der Waals surface area contributed by atoms with Gasteiger partial charge in [0.15, 0.2) is 0 Å². The number of aryl methyl sites for hydroxylation is 1. The van der Waals surface area contributed by atoms with Crippen molar-refractivity contribution >= 4 is 5.91 Å². The van der Waals surface area contributed by atoms with Crippen molar-refractivity contribution in [2.75, 3.05) is 13.1 Å². The van der Waals surface area contributed by atoms with Gasteiger partial charge in [0.25, 0.3) is 5.91 Å². The van der Waals surface area contributed by atoms with Gasteiger partial charge < -0.3 is 14.1 Å². The van der Waals surface area contributed by atoms with Gasteiger partial charge in [0.2, 0.25) is 5.89 Å². The Balaban J connectivity index is 1.31. The second kappa shape index (κ2) is 8.94. The predicted octanol–water partition coefficient (Wildman–Crippen LogP) is 5.31. The van der Waals surface area contributed by atoms with E-state index in [9.17, 15) is 18.0 Å². The monoisotopic (exact) mass is 482 g/mol. The van der Waals surface area contributed by atoms with E-state index < -0.39 is 6.36 Å². The molecule has 1 aliphatic heterocycles. The minimum absolute atomic E-state index is 0.0429. The lowest BCUT2D eigenvalue weighted by Gasteiger charge is -2.31. The highest BCUT2D eigenvalue weighted by Crippen LogP contribution is 2.28. The normalized spacial score (nSPS) is 13.5. The maximum atomic E-state index is 12.5. The van der Waals surface area contributed by atoms with Gasteiger partial charge in [-0.3, -0.25) is 9.48 Å². The molecule has 7 nitrogen and oxygen atoms in total. The lowest BCUT2D eigenvalue weighted by molar-refractivity contribution is -0.274. The van der Waals surface area contributed by atoms with Crippen LogP contribution in [0.2, 0.25) is 0 Å². The number of alkyl halides is 3. The van der Waals surface area contributed by atoms with Gasteiger partial charge in [-0.25, -0.2) is 4.98 Å². The summed E-state index contributed by atoms with van der Waals surface area (Å²) in [5, 5.41) is 4.59. The van der Waals surface area contributed by atoms with Gasteiger partial charge in [-0.05, 0) is 61.4 Å². The highest BCUT2D eigenvalue weighted by molar-refractivity contribution is 5.94. The Morgan fingerprint density at radius 2 is 1.86 bits per heavy atom. The fourth-order valence-corrected chi connectivity index (χ4v) is 3.80. The largest absolute Gasteiger partial charge is 0.573 e. The molecule has 4 aromatic rings. The van der Waals surface area contributed by atoms with E-state index in [1.54, 1.807) is 4.68 Å². The average Bonchev–Trinajstić information content (AvgIpc) is 3.40. The Kier molecular flexibility index (Phi) is 5.80. The molecule has 0 atom stereocenters. The predicted molar refractivity (Wildman–Crippen MR) is 121 cm³/mol. The Bertz CT molecular complexity index is 1360. The molecule has 0 radical (unpaired) electrons. The summed E-state index contributed by atoms with van der Waals surface area (Å²) in [6.07, 6.45) is -2.28. The van der Waals surface area contributed by atoms with Crippen LogP contribution in [-0.2, 0) is 6.54 Å². The SMILES string of the molecule is Cc1cc(-c2nc(-c3ccc(OC(F)(F)F)cc3)co2)nn1Cc1cccc(C(=O)N2CCC2)c1. The number of oxazole rings is 1. The molecular weight excluding hydrogens is 461 g/mol. The Hall–Kier alpha value is -4.08. The fraction of sp³-hybridized carbons (Fsp3) is 0.240. The van der Waals surface area contributed by atoms with Gasteiger partial charge in [0.1, 0.15) is 23.4 Å². The number of carbonyl (C=O) groups excluding carboxylic acids is 1. The highest BCUT2D eigenvalue weighted by atomic mass is 19.4. The molecule has 2 aromatic heterocycles. The molecule has 1 aliphatic rings. The van der Waals surface area contributed by atoms with Crippen LogP contribution in [0, 0.1) is 6.92 Å². The summed E-state index contributed by atoms with van der Waals surface area (Å²) < 4.78 is 48.3. The molecule has 0 saturated carbocycles. The number of likely N-dealkylation sites (tertiary alicyclic amines) is 1. The summed E-state index contributed by atoms with van der Waals surface area (Å²) in [5.41, 5.74) is 4.06. The first-order chi connectivity index (χ1) is 16.7. The first kappa shape index (κ1) is 22.7. The third-order valence-corrected chi connectivity index (χ3v) is 5.74. The smallest absolute Gasteiger partial charge is 0.443 e. The van der Waals surface area contributed by atoms with E-state index >= 15 is 0 Å². The molecule has 0 aliphatic carbocycles. The fourth-order valence-electron chi connectivity index (χ4n) is 3.80. The second-order valence-electron chi connectivity index (χ2n) is 8.28. The zero-order valence-electron chi connectivity index (χ0n) is 18.7. The van der Waals surface area contributed by atoms with Crippen molar-refractivity contribution in [3.8, 4) is 28.6 Å². The highest BCUT2D eigenvalue weighted by Gasteiger charge is 2.31. The number of carbonyl (C=O) groups is 1. The van der Waals surface area contributed by atoms with Crippen molar-refractivity contribution < 1.29 is 27.1 Å². The van der Waals surface area contributed by atoms with Crippen LogP contribution in [0.25, 0.3) is 22.8 Å². The molecule has 3 heterocycles. The van der Waals surface area contributed by atoms with Crippen LogP contribution in [0.15, 0.2) is 65.3 Å². The van der Waals surface area contributed by atoms with E-state index in [4.69, 9.17) is 4.42 Å². The molecule has 0 unspecified atom stereocenters. The summed E-state index contributed by atoms with van der Waals surface area (Å²) in [6.45, 7) is 3.98. The average molecular weight is 482 g/mol. The molecule has 180 valence electrons. The zero-order chi connectivity index (χ0) is 24.6. The number of ether oxygens (including phenoxy) is 1. The number of halogens is 3. The molecule has 0 N–H and O–H groups in total. The summed E-state index contributed by atoms with van der Waals surface area (Å²) >= 11 is 0. The van der Waals surface area contributed by atoms with Crippen LogP contribution >= 0.6 is 0 Å². The number of hydrogen-bond acceptors (Lipinski definition) is 5. The first-order valence-electron chi connectivity index (χ1n) is 11.0. The lowest BCUT2D eigenvalue weighted by atomic mass is 10.1. The van der Waals surface area contributed by atoms with Crippen molar-refractivity contribution in [3.63, 3.8) is 0 Å². The maximum absolute atomic E-state index is 12.5. The van der Waals surface area contributed by atoms with Gasteiger partial charge in [-0.1, -0.05) is 12.1 Å². The van der Waals surface area contributed by atoms with Crippen LogP contribution in [0.4, 0.5) is 13.2 Å². The zero-order valence-corrected chi connectivity index (χ0v) is 18.7. The van der Waals surface area contributed by atoms with Crippen LogP contribution in [0.1, 0.15) is 28.0 Å². The van der Waals surface area contributed by atoms with Gasteiger partial charge in [0.05, 0.1) is 6.54 Å². The Labute approximate surface area is 198 Å². The Morgan fingerprint density at radius 1 is 1.09 bits per heavy atom. The molecule has 35 heavy (non-hydrogen) atoms. The number of amides is 1. The van der Waals surface area contributed by atoms with E-state index in [0.717, 1.165) is 30.8 Å². The second-order valence-corrected chi connectivity index (χ2v) is 8.28. The quantitative estimate of drug-likeness (QED) is 0.373. The molecule has 5 rings (SSSR count). The topological polar surface area (TPSA) is 73.4 Å². The van der Waals surface area contributed by atoms with Gasteiger partial charge in [-0.2, -0.15) is 5.10 Å². The van der Waals surface area contributed by atoms with Crippen LogP contribution in [0.5, 0.6) is 5.75 Å². The van der Waals surface area contributed by atoms with E-state index in [1.165, 1.54) is 30.5 Å². The maximum Gasteiger partial charge on any atom is 0.573 e. The number of benzene rings is 2. The lowest BCUT2D eigenvalue weighted by Crippen LogP contribution is -2.42. The van der Waals surface area contributed by atoms with E-state index in [1.807, 2.05) is 42.2 Å². The molecule has 0 spiro atoms. The summed E-state index contributed by atoms with van der Waals surface area (Å²) in [5.74, 6) is 0.0236. The standard InChI is InChI=1S/C25H21F3N4O3/c1-16-12-21(23-29-22(15-34-23)18-6-8-20(9-7-18)35-25(26,27)28)30-32(16)14-17-4-2-5-19(13-17)24(33)31-10-3-11-31/h2,4-9,12-13,15H,3,10-11,14H2,1H3. The summed E-state index contributed by atoms with van der Waals surface area (Å²) in [6, 6.07) is 14.7. The number of hydrogen-bond donors (Lipinski definition) is 0. The number of nitrogens with zero attached hydrogens (tertiary/aromatic N) is 4. The van der Waals surface area contributed by atoms with Crippen LogP contribution in [-0.4, -0.2) is 45.0 Å². The van der Waals surface area contributed by atoms with Crippen molar-refractivity contribution in [1.82, 2.24) is 19.7 Å². The minimum atomic E-state index is -4.75. The van der Waals surface area contributed by atoms with Crippen LogP contribution in [0.3, 0.4) is 0 Å². The number of aromatic nitrogens is 3. The molecule has 1 saturated heterocycles. The molecular formula is C25H21F3N4O3. The van der Waals surface area contributed by atoms with E-state index in [-0.39, 0.29) is 11.7 Å². The molecule has 2 aromatic carbocycles. The molecule has 1 fully saturated rings. The third kappa shape index (κ3) is 5.06. The van der Waals surface area contributed by atoms with E-state index in [0.29, 0.717) is 35.0 Å². The summed E-state index contributed by atoms with van der Waals surface area (Å²) in [7, 11) is 0. The minimum Gasteiger partial charge on any atom is -0.443 e.